The molecule has 0 unspecified atom stereocenters. The first-order valence-corrected chi connectivity index (χ1v) is 16.2. The molecule has 0 spiro atoms. The van der Waals surface area contributed by atoms with Crippen LogP contribution in [-0.4, -0.2) is 71.5 Å². The fraction of sp³-hybridized carbons (Fsp3) is 1.00. The van der Waals surface area contributed by atoms with Gasteiger partial charge in [-0.05, 0) is 0 Å². The summed E-state index contributed by atoms with van der Waals surface area (Å²) in [4.78, 5) is 0. The van der Waals surface area contributed by atoms with E-state index in [1.54, 1.807) is 0 Å². The molecule has 0 aliphatic heterocycles. The Balaban J connectivity index is 2.01. The van der Waals surface area contributed by atoms with Crippen molar-refractivity contribution in [1.29, 1.82) is 0 Å². The monoisotopic (exact) mass is 468 g/mol. The van der Waals surface area contributed by atoms with Gasteiger partial charge < -0.3 is 0 Å². The SMILES string of the molecule is CCN(C)[PH](N(C)C1CCCCCC1)(N(C)C1CCCCCC1)N(C)C1CCCCCC1. The molecule has 5 heteroatoms. The van der Waals surface area contributed by atoms with E-state index in [-0.39, 0.29) is 0 Å². The normalized spacial score (nSPS) is 24.8. The molecule has 0 aromatic carbocycles. The zero-order valence-corrected chi connectivity index (χ0v) is 23.5. The van der Waals surface area contributed by atoms with Crippen LogP contribution in [0.5, 0.6) is 0 Å². The Bertz CT molecular complexity index is 441. The summed E-state index contributed by atoms with van der Waals surface area (Å²) in [6, 6.07) is 2.25. The van der Waals surface area contributed by atoms with Gasteiger partial charge in [0.2, 0.25) is 0 Å². The number of nitrogens with zero attached hydrogens (tertiary/aromatic N) is 4. The van der Waals surface area contributed by atoms with E-state index in [0.29, 0.717) is 0 Å². The van der Waals surface area contributed by atoms with E-state index in [9.17, 15) is 0 Å². The van der Waals surface area contributed by atoms with Crippen molar-refractivity contribution in [3.63, 3.8) is 0 Å². The van der Waals surface area contributed by atoms with Gasteiger partial charge in [-0.2, -0.15) is 0 Å². The van der Waals surface area contributed by atoms with E-state index in [0.717, 1.165) is 24.7 Å². The van der Waals surface area contributed by atoms with E-state index < -0.39 is 7.87 Å². The van der Waals surface area contributed by atoms with E-state index in [2.05, 4.69) is 53.8 Å². The molecule has 0 N–H and O–H groups in total. The first-order chi connectivity index (χ1) is 15.5. The molecule has 3 aliphatic rings. The maximum absolute atomic E-state index is 3.00. The van der Waals surface area contributed by atoms with Gasteiger partial charge in [-0.1, -0.05) is 0 Å². The molecule has 190 valence electrons. The van der Waals surface area contributed by atoms with Crippen molar-refractivity contribution in [2.24, 2.45) is 0 Å². The van der Waals surface area contributed by atoms with Crippen LogP contribution in [0.2, 0.25) is 0 Å². The van der Waals surface area contributed by atoms with Gasteiger partial charge in [0.05, 0.1) is 0 Å². The van der Waals surface area contributed by atoms with Crippen LogP contribution in [0, 0.1) is 0 Å². The Kier molecular flexibility index (Phi) is 11.2. The molecule has 0 atom stereocenters. The summed E-state index contributed by atoms with van der Waals surface area (Å²) in [5.41, 5.74) is 0. The molecule has 3 saturated carbocycles. The molecule has 4 nitrogen and oxygen atoms in total. The van der Waals surface area contributed by atoms with E-state index >= 15 is 0 Å². The minimum atomic E-state index is -2.21. The first kappa shape index (κ1) is 26.9. The van der Waals surface area contributed by atoms with Crippen molar-refractivity contribution in [3.05, 3.63) is 0 Å². The number of hydrogen-bond donors (Lipinski definition) is 0. The summed E-state index contributed by atoms with van der Waals surface area (Å²) >= 11 is 0. The molecule has 0 saturated heterocycles. The number of hydrogen-bond acceptors (Lipinski definition) is 4. The molecule has 0 heterocycles. The second kappa shape index (κ2) is 13.4. The van der Waals surface area contributed by atoms with Crippen molar-refractivity contribution in [2.75, 3.05) is 34.7 Å². The van der Waals surface area contributed by atoms with Gasteiger partial charge in [0, 0.05) is 0 Å². The molecular weight excluding hydrogens is 411 g/mol. The molecular formula is C27H57N4P. The second-order valence-corrected chi connectivity index (χ2v) is 15.5. The van der Waals surface area contributed by atoms with Crippen LogP contribution in [0.1, 0.15) is 122 Å². The van der Waals surface area contributed by atoms with Gasteiger partial charge in [-0.15, -0.1) is 0 Å². The van der Waals surface area contributed by atoms with Gasteiger partial charge >= 0.3 is 202 Å². The Morgan fingerprint density at radius 1 is 0.469 bits per heavy atom. The Morgan fingerprint density at radius 3 is 0.938 bits per heavy atom. The zero-order chi connectivity index (χ0) is 23.0. The summed E-state index contributed by atoms with van der Waals surface area (Å²) < 4.78 is 11.8. The van der Waals surface area contributed by atoms with Gasteiger partial charge in [0.25, 0.3) is 0 Å². The van der Waals surface area contributed by atoms with Crippen LogP contribution in [0.3, 0.4) is 0 Å². The Hall–Kier alpha value is 0.270. The van der Waals surface area contributed by atoms with Crippen molar-refractivity contribution < 1.29 is 0 Å². The zero-order valence-electron chi connectivity index (χ0n) is 22.5. The molecule has 0 amide bonds. The third-order valence-electron chi connectivity index (χ3n) is 9.52. The van der Waals surface area contributed by atoms with Gasteiger partial charge in [-0.3, -0.25) is 0 Å². The molecule has 3 aliphatic carbocycles. The fourth-order valence-electron chi connectivity index (χ4n) is 7.44. The summed E-state index contributed by atoms with van der Waals surface area (Å²) in [5, 5.41) is 0. The number of rotatable bonds is 8. The summed E-state index contributed by atoms with van der Waals surface area (Å²) in [6.45, 7) is 3.56. The van der Waals surface area contributed by atoms with Gasteiger partial charge in [0.15, 0.2) is 0 Å². The van der Waals surface area contributed by atoms with Crippen LogP contribution in [0.15, 0.2) is 0 Å². The second-order valence-electron chi connectivity index (χ2n) is 11.4. The molecule has 0 bridgehead atoms. The Labute approximate surface area is 202 Å². The Morgan fingerprint density at radius 2 is 0.719 bits per heavy atom. The average Bonchev–Trinajstić information content (AvgIpc) is 3.35. The minimum absolute atomic E-state index is 0.750. The van der Waals surface area contributed by atoms with Crippen molar-refractivity contribution in [1.82, 2.24) is 18.7 Å². The molecule has 3 fully saturated rings. The summed E-state index contributed by atoms with van der Waals surface area (Å²) in [6.07, 6.45) is 25.6. The third kappa shape index (κ3) is 6.09. The predicted octanol–water partition coefficient (Wildman–Crippen LogP) is 7.31. The summed E-state index contributed by atoms with van der Waals surface area (Å²) in [5.74, 6) is 0. The van der Waals surface area contributed by atoms with Crippen LogP contribution in [-0.2, 0) is 0 Å². The first-order valence-electron chi connectivity index (χ1n) is 14.4. The molecule has 32 heavy (non-hydrogen) atoms. The maximum atomic E-state index is 3.00. The topological polar surface area (TPSA) is 13.0 Å². The van der Waals surface area contributed by atoms with Crippen molar-refractivity contribution in [2.45, 2.75) is 141 Å². The fourth-order valence-corrected chi connectivity index (χ4v) is 13.2. The summed E-state index contributed by atoms with van der Waals surface area (Å²) in [7, 11) is 7.92. The van der Waals surface area contributed by atoms with Gasteiger partial charge in [0.1, 0.15) is 0 Å². The average molecular weight is 469 g/mol. The van der Waals surface area contributed by atoms with Crippen molar-refractivity contribution in [3.8, 4) is 0 Å². The molecule has 0 aromatic rings. The van der Waals surface area contributed by atoms with E-state index in [1.807, 2.05) is 0 Å². The standard InChI is InChI=1S/C27H57N4P/c1-6-28(2)32(29(3)25-19-13-7-8-14-20-25,30(4)26-21-15-9-10-16-22-26)31(5)27-23-17-11-12-18-24-27/h25-27,32H,6-24H2,1-5H3. The molecule has 3 rings (SSSR count). The van der Waals surface area contributed by atoms with Crippen molar-refractivity contribution >= 4 is 7.87 Å². The third-order valence-corrected chi connectivity index (χ3v) is 14.8. The predicted molar refractivity (Wildman–Crippen MR) is 144 cm³/mol. The molecule has 0 radical (unpaired) electrons. The van der Waals surface area contributed by atoms with E-state index in [4.69, 9.17) is 0 Å². The van der Waals surface area contributed by atoms with Crippen LogP contribution in [0.25, 0.3) is 0 Å². The van der Waals surface area contributed by atoms with Crippen LogP contribution >= 0.6 is 7.87 Å². The van der Waals surface area contributed by atoms with Crippen LogP contribution < -0.4 is 0 Å². The van der Waals surface area contributed by atoms with E-state index in [1.165, 1.54) is 116 Å². The molecule has 0 aromatic heterocycles. The van der Waals surface area contributed by atoms with Crippen LogP contribution in [0.4, 0.5) is 0 Å². The quantitative estimate of drug-likeness (QED) is 0.273. The van der Waals surface area contributed by atoms with Gasteiger partial charge in [-0.25, -0.2) is 0 Å².